The fraction of sp³-hybridized carbons (Fsp3) is 0.280. The molecule has 36 heavy (non-hydrogen) atoms. The minimum absolute atomic E-state index is 0.0187. The molecule has 11 heteroatoms. The quantitative estimate of drug-likeness (QED) is 0.349. The van der Waals surface area contributed by atoms with Gasteiger partial charge in [0.1, 0.15) is 21.9 Å². The molecule has 9 nitrogen and oxygen atoms in total. The van der Waals surface area contributed by atoms with E-state index < -0.39 is 21.0 Å². The summed E-state index contributed by atoms with van der Waals surface area (Å²) in [6.45, 7) is 6.87. The van der Waals surface area contributed by atoms with Crippen LogP contribution in [0.15, 0.2) is 45.4 Å². The lowest BCUT2D eigenvalue weighted by atomic mass is 10.1. The van der Waals surface area contributed by atoms with E-state index in [9.17, 15) is 18.1 Å². The number of H-pyrrole nitrogens is 1. The first-order chi connectivity index (χ1) is 17.0. The van der Waals surface area contributed by atoms with Gasteiger partial charge in [-0.1, -0.05) is 0 Å². The molecule has 189 valence electrons. The van der Waals surface area contributed by atoms with Gasteiger partial charge in [0.15, 0.2) is 11.5 Å². The SMILES string of the molecule is COc1ccc2[nH]c([S+]([O-])Cc3ncc(C)c(OC)c3C)nc2c1S(=O)(=O)c1c(C)cc([O])cc1C. The molecule has 0 saturated carbocycles. The van der Waals surface area contributed by atoms with Crippen molar-refractivity contribution in [1.29, 1.82) is 0 Å². The van der Waals surface area contributed by atoms with Gasteiger partial charge in [-0.15, -0.1) is 0 Å². The Morgan fingerprint density at radius 2 is 1.67 bits per heavy atom. The number of aromatic nitrogens is 3. The first kappa shape index (κ1) is 25.8. The number of methoxy groups -OCH3 is 2. The Kier molecular flexibility index (Phi) is 6.91. The molecule has 4 rings (SSSR count). The zero-order valence-corrected chi connectivity index (χ0v) is 22.4. The second kappa shape index (κ2) is 9.64. The standard InChI is InChI=1S/C25H26N3O6S2/c1-13-9-17(29)10-14(2)23(13)36(31,32)24-20(33-5)8-7-18-21(24)28-25(27-18)35(30)12-19-16(4)22(34-6)15(3)11-26-19/h7-11H,12H2,1-6H3,(H,27,28). The van der Waals surface area contributed by atoms with Gasteiger partial charge in [0.25, 0.3) is 0 Å². The fourth-order valence-electron chi connectivity index (χ4n) is 4.38. The average molecular weight is 529 g/mol. The number of nitrogens with one attached hydrogen (secondary N) is 1. The molecular weight excluding hydrogens is 502 g/mol. The minimum Gasteiger partial charge on any atom is -0.609 e. The Bertz CT molecular complexity index is 1560. The lowest BCUT2D eigenvalue weighted by Crippen LogP contribution is -2.11. The highest BCUT2D eigenvalue weighted by molar-refractivity contribution is 7.92. The summed E-state index contributed by atoms with van der Waals surface area (Å²) < 4.78 is 51.8. The number of aryl methyl sites for hydroxylation is 3. The largest absolute Gasteiger partial charge is 0.609 e. The van der Waals surface area contributed by atoms with E-state index in [1.54, 1.807) is 33.2 Å². The van der Waals surface area contributed by atoms with Crippen LogP contribution in [0.3, 0.4) is 0 Å². The van der Waals surface area contributed by atoms with Crippen LogP contribution in [0.5, 0.6) is 17.2 Å². The van der Waals surface area contributed by atoms with Crippen LogP contribution in [0.4, 0.5) is 0 Å². The van der Waals surface area contributed by atoms with Crippen molar-refractivity contribution >= 4 is 32.0 Å². The van der Waals surface area contributed by atoms with E-state index in [1.165, 1.54) is 25.3 Å². The smallest absolute Gasteiger partial charge is 0.322 e. The monoisotopic (exact) mass is 528 g/mol. The summed E-state index contributed by atoms with van der Waals surface area (Å²) in [4.78, 5) is 11.7. The van der Waals surface area contributed by atoms with E-state index in [0.717, 1.165) is 11.1 Å². The van der Waals surface area contributed by atoms with Gasteiger partial charge in [-0.25, -0.2) is 8.42 Å². The summed E-state index contributed by atoms with van der Waals surface area (Å²) >= 11 is -1.66. The molecule has 0 aliphatic carbocycles. The zero-order chi connectivity index (χ0) is 26.4. The molecule has 2 aromatic heterocycles. The van der Waals surface area contributed by atoms with E-state index in [2.05, 4.69) is 15.0 Å². The van der Waals surface area contributed by atoms with Crippen LogP contribution in [0.1, 0.15) is 27.9 Å². The topological polar surface area (TPSA) is 137 Å². The highest BCUT2D eigenvalue weighted by Gasteiger charge is 2.32. The lowest BCUT2D eigenvalue weighted by Gasteiger charge is -2.14. The average Bonchev–Trinajstić information content (AvgIpc) is 3.24. The molecule has 0 fully saturated rings. The van der Waals surface area contributed by atoms with Crippen LogP contribution in [0.2, 0.25) is 0 Å². The Hall–Kier alpha value is -3.28. The van der Waals surface area contributed by atoms with Crippen LogP contribution >= 0.6 is 0 Å². The molecule has 2 aromatic carbocycles. The number of benzene rings is 2. The molecule has 1 atom stereocenters. The van der Waals surface area contributed by atoms with Gasteiger partial charge >= 0.3 is 5.16 Å². The van der Waals surface area contributed by atoms with E-state index in [-0.39, 0.29) is 37.7 Å². The van der Waals surface area contributed by atoms with Gasteiger partial charge in [0.05, 0.1) is 30.3 Å². The Labute approximate surface area is 212 Å². The lowest BCUT2D eigenvalue weighted by molar-refractivity contribution is 0.354. The maximum absolute atomic E-state index is 13.9. The molecule has 1 radical (unpaired) electrons. The molecule has 1 unspecified atom stereocenters. The number of fused-ring (bicyclic) bond motifs is 1. The van der Waals surface area contributed by atoms with Crippen molar-refractivity contribution in [1.82, 2.24) is 15.0 Å². The number of hydrogen-bond acceptors (Lipinski definition) is 7. The molecule has 0 aliphatic heterocycles. The third-order valence-corrected chi connectivity index (χ3v) is 9.25. The maximum atomic E-state index is 13.9. The normalized spacial score (nSPS) is 12.6. The van der Waals surface area contributed by atoms with E-state index in [0.29, 0.717) is 28.1 Å². The zero-order valence-electron chi connectivity index (χ0n) is 20.8. The highest BCUT2D eigenvalue weighted by Crippen LogP contribution is 2.39. The number of imidazole rings is 1. The predicted molar refractivity (Wildman–Crippen MR) is 135 cm³/mol. The van der Waals surface area contributed by atoms with Crippen molar-refractivity contribution in [3.05, 3.63) is 58.4 Å². The number of pyridine rings is 1. The third kappa shape index (κ3) is 4.38. The molecule has 0 saturated heterocycles. The third-order valence-electron chi connectivity index (χ3n) is 5.97. The van der Waals surface area contributed by atoms with Gasteiger partial charge in [0.2, 0.25) is 9.84 Å². The highest BCUT2D eigenvalue weighted by atomic mass is 32.2. The minimum atomic E-state index is -4.15. The van der Waals surface area contributed by atoms with Crippen molar-refractivity contribution < 1.29 is 27.6 Å². The number of aromatic amines is 1. The predicted octanol–water partition coefficient (Wildman–Crippen LogP) is 4.49. The van der Waals surface area contributed by atoms with Crippen LogP contribution in [0.25, 0.3) is 11.0 Å². The summed E-state index contributed by atoms with van der Waals surface area (Å²) in [5.74, 6) is 0.555. The van der Waals surface area contributed by atoms with Gasteiger partial charge in [-0.05, 0) is 63.1 Å². The van der Waals surface area contributed by atoms with Crippen LogP contribution in [-0.2, 0) is 31.9 Å². The number of nitrogens with zero attached hydrogens (tertiary/aromatic N) is 2. The second-order valence-electron chi connectivity index (χ2n) is 8.46. The van der Waals surface area contributed by atoms with Crippen LogP contribution in [-0.4, -0.2) is 42.1 Å². The van der Waals surface area contributed by atoms with E-state index in [4.69, 9.17) is 9.47 Å². The summed E-state index contributed by atoms with van der Waals surface area (Å²) in [6, 6.07) is 5.70. The van der Waals surface area contributed by atoms with Crippen molar-refractivity contribution in [2.24, 2.45) is 0 Å². The van der Waals surface area contributed by atoms with Gasteiger partial charge in [-0.2, -0.15) is 4.98 Å². The summed E-state index contributed by atoms with van der Waals surface area (Å²) in [6.07, 6.45) is 1.66. The van der Waals surface area contributed by atoms with Gasteiger partial charge in [-0.3, -0.25) is 15.1 Å². The number of ether oxygens (including phenoxy) is 2. The van der Waals surface area contributed by atoms with E-state index >= 15 is 0 Å². The first-order valence-electron chi connectivity index (χ1n) is 11.0. The summed E-state index contributed by atoms with van der Waals surface area (Å²) in [7, 11) is -1.22. The van der Waals surface area contributed by atoms with E-state index in [1.807, 2.05) is 13.8 Å². The van der Waals surface area contributed by atoms with Gasteiger partial charge < -0.3 is 14.0 Å². The number of hydrogen-bond donors (Lipinski definition) is 1. The summed E-state index contributed by atoms with van der Waals surface area (Å²) in [5.41, 5.74) is 3.38. The molecular formula is C25H26N3O6S2. The first-order valence-corrected chi connectivity index (χ1v) is 13.8. The second-order valence-corrected chi connectivity index (χ2v) is 11.7. The number of sulfone groups is 1. The Morgan fingerprint density at radius 3 is 2.28 bits per heavy atom. The van der Waals surface area contributed by atoms with Crippen molar-refractivity contribution in [3.8, 4) is 17.2 Å². The summed E-state index contributed by atoms with van der Waals surface area (Å²) in [5, 5.41) is 12.0. The number of rotatable bonds is 7. The van der Waals surface area contributed by atoms with Gasteiger partial charge in [0, 0.05) is 28.5 Å². The molecule has 0 aliphatic rings. The molecule has 1 N–H and O–H groups in total. The maximum Gasteiger partial charge on any atom is 0.322 e. The molecule has 0 amide bonds. The van der Waals surface area contributed by atoms with Crippen molar-refractivity contribution in [2.45, 2.75) is 48.4 Å². The molecule has 2 heterocycles. The molecule has 4 aromatic rings. The molecule has 0 bridgehead atoms. The fourth-order valence-corrected chi connectivity index (χ4v) is 7.47. The van der Waals surface area contributed by atoms with Crippen LogP contribution in [0, 0.1) is 27.7 Å². The van der Waals surface area contributed by atoms with Crippen molar-refractivity contribution in [2.75, 3.05) is 14.2 Å². The van der Waals surface area contributed by atoms with Crippen molar-refractivity contribution in [3.63, 3.8) is 0 Å². The molecule has 0 spiro atoms. The van der Waals surface area contributed by atoms with Crippen LogP contribution < -0.4 is 9.47 Å². The Morgan fingerprint density at radius 1 is 1.00 bits per heavy atom. The Balaban J connectivity index is 1.84.